The lowest BCUT2D eigenvalue weighted by molar-refractivity contribution is -0.124. The summed E-state index contributed by atoms with van der Waals surface area (Å²) in [6.45, 7) is 24.8. The molecule has 0 aliphatic carbocycles. The molecule has 4 unspecified atom stereocenters. The van der Waals surface area contributed by atoms with Gasteiger partial charge in [-0.25, -0.2) is 0 Å². The van der Waals surface area contributed by atoms with Crippen molar-refractivity contribution in [3.8, 4) is 62.1 Å². The quantitative estimate of drug-likeness (QED) is 0.0344. The van der Waals surface area contributed by atoms with Crippen LogP contribution in [0.5, 0.6) is 0 Å². The highest BCUT2D eigenvalue weighted by atomic mass is 32.1. The number of thiophene rings is 6. The topological polar surface area (TPSA) is 134 Å². The van der Waals surface area contributed by atoms with Gasteiger partial charge < -0.3 is 37.3 Å². The molecule has 0 bridgehead atoms. The summed E-state index contributed by atoms with van der Waals surface area (Å²) in [6.07, 6.45) is 67.4. The van der Waals surface area contributed by atoms with Gasteiger partial charge in [0.2, 0.25) is 0 Å². The van der Waals surface area contributed by atoms with E-state index in [1.807, 2.05) is 66.5 Å². The molecule has 0 fully saturated rings. The van der Waals surface area contributed by atoms with Crippen LogP contribution >= 0.6 is 68.0 Å². The molecule has 15 rings (SSSR count). The fourth-order valence-corrected chi connectivity index (χ4v) is 29.9. The molecule has 4 aliphatic rings. The van der Waals surface area contributed by atoms with Crippen molar-refractivity contribution in [2.75, 3.05) is 26.2 Å². The van der Waals surface area contributed by atoms with Crippen LogP contribution in [0.25, 0.3) is 105 Å². The number of amides is 4. The molecule has 148 heavy (non-hydrogen) atoms. The van der Waals surface area contributed by atoms with Gasteiger partial charge in [-0.1, -0.05) is 377 Å². The Bertz CT molecular complexity index is 5710. The van der Waals surface area contributed by atoms with Crippen molar-refractivity contribution in [2.24, 2.45) is 23.7 Å². The lowest BCUT2D eigenvalue weighted by Gasteiger charge is -2.29. The molecule has 0 N–H and O–H groups in total. The van der Waals surface area contributed by atoms with E-state index < -0.39 is 0 Å². The van der Waals surface area contributed by atoms with Crippen molar-refractivity contribution in [2.45, 2.75) is 442 Å². The maximum atomic E-state index is 16.7. The van der Waals surface area contributed by atoms with Crippen LogP contribution in [0.2, 0.25) is 0 Å². The fraction of sp³-hybridized carbons (Fsp3) is 0.585. The van der Waals surface area contributed by atoms with Gasteiger partial charge in [0.05, 0.1) is 51.2 Å². The molecule has 11 aromatic rings. The third kappa shape index (κ3) is 30.1. The summed E-state index contributed by atoms with van der Waals surface area (Å²) in [5, 5.41) is 2.17. The highest BCUT2D eigenvalue weighted by molar-refractivity contribution is 7.30. The Morgan fingerprint density at radius 1 is 0.203 bits per heavy atom. The molecule has 10 aromatic heterocycles. The standard InChI is InChI=1S/C130H178N4O8S6/c1-11-21-31-41-45-53-63-93(59-49-35-25-15-5)89-131-121(105-77-73-101(139-105)109-83-85-113(145-109)111-81-71-99(143-111)67-57-39-29-19-9)117-119(129(131)137)123(133(127(117)135)91-95(61-51-37-27-17-7)65-55-47-43-33-23-13-3)107-79-75-103(141-107)115-87-97-69-70-98-88-116(148-126(98)125(97)147-115)104-76-80-108(142-104)124-120-118(128(136)134(124)92-96(62-52-38-28-18-8)66-56-48-44-34-24-14-4)122(132(130(120)138)90-94(60-50-36-26-16-6)64-54-46-42-32-22-12-2)106-78-74-102(140-106)110-84-86-114(146-110)112-82-72-100(144-112)68-58-40-30-20-10/h69-88,93-96H,11-68,89-92H2,1-10H3. The molecular formula is C130H178N4O8S6. The summed E-state index contributed by atoms with van der Waals surface area (Å²) in [7, 11) is 0. The summed E-state index contributed by atoms with van der Waals surface area (Å²) in [5.74, 6) is 5.33. The van der Waals surface area contributed by atoms with Gasteiger partial charge in [0, 0.05) is 55.4 Å². The fourth-order valence-electron chi connectivity index (χ4n) is 23.3. The predicted octanol–water partition coefficient (Wildman–Crippen LogP) is 41.9. The Kier molecular flexibility index (Phi) is 46.2. The largest absolute Gasteiger partial charge is 0.454 e. The van der Waals surface area contributed by atoms with Crippen LogP contribution in [0.15, 0.2) is 161 Å². The zero-order valence-corrected chi connectivity index (χ0v) is 97.1. The lowest BCUT2D eigenvalue weighted by Crippen LogP contribution is -2.34. The first kappa shape index (κ1) is 114. The molecule has 1 aromatic carbocycles. The summed E-state index contributed by atoms with van der Waals surface area (Å²) in [4.78, 5) is 86.6. The Morgan fingerprint density at radius 2 is 0.405 bits per heavy atom. The van der Waals surface area contributed by atoms with E-state index >= 15 is 19.2 Å². The molecule has 0 radical (unpaired) electrons. The summed E-state index contributed by atoms with van der Waals surface area (Å²) in [5.41, 5.74) is 4.12. The molecule has 4 atom stereocenters. The van der Waals surface area contributed by atoms with E-state index in [-0.39, 0.29) is 47.3 Å². The Balaban J connectivity index is 0.808. The first-order valence-electron chi connectivity index (χ1n) is 59.7. The van der Waals surface area contributed by atoms with Crippen LogP contribution in [0.1, 0.15) is 462 Å². The molecule has 14 heterocycles. The third-order valence-corrected chi connectivity index (χ3v) is 39.3. The van der Waals surface area contributed by atoms with Gasteiger partial charge in [-0.2, -0.15) is 0 Å². The van der Waals surface area contributed by atoms with Crippen LogP contribution in [-0.2, 0) is 32.0 Å². The van der Waals surface area contributed by atoms with E-state index in [1.54, 1.807) is 45.3 Å². The van der Waals surface area contributed by atoms with Gasteiger partial charge in [-0.15, -0.1) is 68.0 Å². The van der Waals surface area contributed by atoms with E-state index in [0.717, 1.165) is 218 Å². The third-order valence-electron chi connectivity index (χ3n) is 31.9. The molecule has 4 amide bonds. The van der Waals surface area contributed by atoms with Crippen molar-refractivity contribution in [3.05, 3.63) is 176 Å². The Hall–Kier alpha value is -8.10. The first-order valence-corrected chi connectivity index (χ1v) is 64.6. The molecule has 18 heteroatoms. The van der Waals surface area contributed by atoms with Crippen LogP contribution in [0, 0.1) is 23.7 Å². The van der Waals surface area contributed by atoms with Gasteiger partial charge >= 0.3 is 0 Å². The zero-order valence-electron chi connectivity index (χ0n) is 92.2. The van der Waals surface area contributed by atoms with E-state index in [1.165, 1.54) is 235 Å². The van der Waals surface area contributed by atoms with Crippen LogP contribution in [0.3, 0.4) is 0 Å². The number of carbonyl (C=O) groups excluding carboxylic acids is 4. The second-order valence-corrected chi connectivity index (χ2v) is 50.5. The SMILES string of the molecule is CCCCCCCCC(CCCCCC)CN1C(=O)C2=C(c3ccc(-c4cc5ccc6cc(-c7ccc(C8=C9C(=O)N(CC(CCCCCC)CCCCCCCC)C(c%10ccc(-c%11ccc(-c%12ccc(CCCCCC)s%12)s%11)o%10)=C9C(=O)N8CC(CCCCCC)CCCCCCCC)o7)sc6c5s4)o3)N(CC(CCCCCC)CCCCCCCC)C(=O)C2=C1c1ccc(-c2ccc(-c3ccc(CCCCCC)s3)s2)o1. The molecule has 12 nitrogen and oxygen atoms in total. The van der Waals surface area contributed by atoms with Gasteiger partial charge in [0.1, 0.15) is 45.8 Å². The average molecular weight is 2120 g/mol. The molecule has 802 valence electrons. The summed E-state index contributed by atoms with van der Waals surface area (Å²) >= 11 is 10.7. The number of nitrogens with zero attached hydrogens (tertiary/aromatic N) is 4. The van der Waals surface area contributed by atoms with E-state index in [4.69, 9.17) is 17.7 Å². The smallest absolute Gasteiger partial charge is 0.261 e. The number of hydrogen-bond donors (Lipinski definition) is 0. The monoisotopic (exact) mass is 2120 g/mol. The van der Waals surface area contributed by atoms with Crippen LogP contribution in [0.4, 0.5) is 0 Å². The van der Waals surface area contributed by atoms with Gasteiger partial charge in [-0.3, -0.25) is 19.2 Å². The number of rotatable bonds is 76. The minimum atomic E-state index is -0.141. The molecule has 0 saturated heterocycles. The second kappa shape index (κ2) is 60.0. The Morgan fingerprint density at radius 3 is 0.662 bits per heavy atom. The summed E-state index contributed by atoms with van der Waals surface area (Å²) in [6, 6.07) is 43.4. The molecule has 0 saturated carbocycles. The molecule has 0 spiro atoms. The zero-order chi connectivity index (χ0) is 103. The maximum Gasteiger partial charge on any atom is 0.261 e. The molecular weight excluding hydrogens is 1940 g/mol. The van der Waals surface area contributed by atoms with Crippen molar-refractivity contribution in [3.63, 3.8) is 0 Å². The molecule has 4 aliphatic heterocycles. The summed E-state index contributed by atoms with van der Waals surface area (Å²) < 4.78 is 31.5. The van der Waals surface area contributed by atoms with Gasteiger partial charge in [-0.05, 0) is 221 Å². The van der Waals surface area contributed by atoms with Crippen molar-refractivity contribution < 1.29 is 36.8 Å². The first-order chi connectivity index (χ1) is 72.7. The van der Waals surface area contributed by atoms with Crippen LogP contribution < -0.4 is 0 Å². The van der Waals surface area contributed by atoms with E-state index in [9.17, 15) is 0 Å². The van der Waals surface area contributed by atoms with E-state index in [0.29, 0.717) is 106 Å². The van der Waals surface area contributed by atoms with E-state index in [2.05, 4.69) is 166 Å². The van der Waals surface area contributed by atoms with Crippen LogP contribution in [-0.4, -0.2) is 69.4 Å². The second-order valence-electron chi connectivity index (χ2n) is 43.9. The number of benzene rings is 1. The normalized spacial score (nSPS) is 14.9. The maximum absolute atomic E-state index is 16.7. The lowest BCUT2D eigenvalue weighted by atomic mass is 9.93. The van der Waals surface area contributed by atoms with Crippen molar-refractivity contribution in [1.29, 1.82) is 0 Å². The number of aryl methyl sites for hydroxylation is 2. The number of carbonyl (C=O) groups is 4. The minimum absolute atomic E-state index is 0.141. The highest BCUT2D eigenvalue weighted by Crippen LogP contribution is 2.55. The van der Waals surface area contributed by atoms with Crippen molar-refractivity contribution >= 4 is 135 Å². The predicted molar refractivity (Wildman–Crippen MR) is 634 cm³/mol. The number of fused-ring (bicyclic) bond motifs is 5. The number of hydrogen-bond acceptors (Lipinski definition) is 14. The average Bonchev–Trinajstić information content (AvgIpc) is 1.55. The Labute approximate surface area is 913 Å². The minimum Gasteiger partial charge on any atom is -0.454 e. The van der Waals surface area contributed by atoms with Crippen molar-refractivity contribution in [1.82, 2.24) is 19.6 Å². The number of furan rings is 4. The van der Waals surface area contributed by atoms with Gasteiger partial charge in [0.15, 0.2) is 23.0 Å². The highest BCUT2D eigenvalue weighted by Gasteiger charge is 2.54. The number of unbranched alkanes of at least 4 members (excludes halogenated alkanes) is 38. The van der Waals surface area contributed by atoms with Gasteiger partial charge in [0.25, 0.3) is 23.6 Å².